The summed E-state index contributed by atoms with van der Waals surface area (Å²) in [5.41, 5.74) is -2.73. The van der Waals surface area contributed by atoms with Gasteiger partial charge in [0.1, 0.15) is 12.0 Å². The molecular weight excluding hydrogens is 348 g/mol. The fourth-order valence-electron chi connectivity index (χ4n) is 2.33. The van der Waals surface area contributed by atoms with Crippen molar-refractivity contribution in [1.82, 2.24) is 25.2 Å². The second-order valence-corrected chi connectivity index (χ2v) is 6.06. The van der Waals surface area contributed by atoms with E-state index in [-0.39, 0.29) is 6.54 Å². The highest BCUT2D eigenvalue weighted by Gasteiger charge is 2.62. The first kappa shape index (κ1) is 14.5. The SMILES string of the molecule is OC(Cn1cnnn1)(C1CC1)C(F)(F)c1ccc(Br)cn1. The normalized spacial score (nSPS) is 18.5. The standard InChI is InChI=1S/C12H12BrF2N5O/c13-9-3-4-10(16-5-9)12(14,15)11(21,8-1-2-8)6-20-7-17-18-19-20/h3-5,7-8,21H,1-2,6H2. The fraction of sp³-hybridized carbons (Fsp3) is 0.500. The first-order valence-electron chi connectivity index (χ1n) is 6.36. The Balaban J connectivity index is 1.97. The zero-order chi connectivity index (χ0) is 15.1. The number of alkyl halides is 2. The minimum atomic E-state index is -3.50. The molecule has 2 heterocycles. The molecule has 2 aromatic heterocycles. The third kappa shape index (κ3) is 2.55. The predicted molar refractivity (Wildman–Crippen MR) is 71.3 cm³/mol. The van der Waals surface area contributed by atoms with E-state index in [9.17, 15) is 13.9 Å². The number of pyridine rings is 1. The lowest BCUT2D eigenvalue weighted by molar-refractivity contribution is -0.210. The first-order chi connectivity index (χ1) is 9.93. The molecule has 21 heavy (non-hydrogen) atoms. The molecule has 1 saturated carbocycles. The minimum Gasteiger partial charge on any atom is -0.381 e. The molecule has 2 aromatic rings. The van der Waals surface area contributed by atoms with Crippen LogP contribution in [0, 0.1) is 5.92 Å². The van der Waals surface area contributed by atoms with E-state index in [0.717, 1.165) is 4.68 Å². The van der Waals surface area contributed by atoms with Crippen molar-refractivity contribution in [3.05, 3.63) is 34.8 Å². The van der Waals surface area contributed by atoms with E-state index in [0.29, 0.717) is 17.3 Å². The van der Waals surface area contributed by atoms with Crippen molar-refractivity contribution >= 4 is 15.9 Å². The summed E-state index contributed by atoms with van der Waals surface area (Å²) in [7, 11) is 0. The highest BCUT2D eigenvalue weighted by Crippen LogP contribution is 2.52. The Bertz CT molecular complexity index is 617. The van der Waals surface area contributed by atoms with Crippen LogP contribution >= 0.6 is 15.9 Å². The van der Waals surface area contributed by atoms with Crippen molar-refractivity contribution < 1.29 is 13.9 Å². The van der Waals surface area contributed by atoms with Gasteiger partial charge in [-0.2, -0.15) is 8.78 Å². The average molecular weight is 360 g/mol. The summed E-state index contributed by atoms with van der Waals surface area (Å²) in [6.07, 6.45) is 3.58. The summed E-state index contributed by atoms with van der Waals surface area (Å²) in [4.78, 5) is 3.74. The fourth-order valence-corrected chi connectivity index (χ4v) is 2.56. The van der Waals surface area contributed by atoms with Gasteiger partial charge in [0.05, 0.1) is 6.54 Å². The van der Waals surface area contributed by atoms with E-state index in [2.05, 4.69) is 36.4 Å². The maximum atomic E-state index is 14.8. The maximum absolute atomic E-state index is 14.8. The summed E-state index contributed by atoms with van der Waals surface area (Å²) in [5, 5.41) is 21.0. The van der Waals surface area contributed by atoms with Crippen LogP contribution in [0.15, 0.2) is 29.1 Å². The first-order valence-corrected chi connectivity index (χ1v) is 7.16. The Hall–Kier alpha value is -1.48. The van der Waals surface area contributed by atoms with Crippen LogP contribution in [0.25, 0.3) is 0 Å². The summed E-state index contributed by atoms with van der Waals surface area (Å²) < 4.78 is 31.3. The number of aliphatic hydroxyl groups is 1. The van der Waals surface area contributed by atoms with E-state index in [4.69, 9.17) is 0 Å². The molecule has 1 aliphatic rings. The molecular formula is C12H12BrF2N5O. The highest BCUT2D eigenvalue weighted by atomic mass is 79.9. The number of halogens is 3. The van der Waals surface area contributed by atoms with Gasteiger partial charge in [-0.15, -0.1) is 5.10 Å². The molecule has 0 spiro atoms. The maximum Gasteiger partial charge on any atom is 0.319 e. The van der Waals surface area contributed by atoms with Crippen LogP contribution in [-0.2, 0) is 12.5 Å². The highest BCUT2D eigenvalue weighted by molar-refractivity contribution is 9.10. The summed E-state index contributed by atoms with van der Waals surface area (Å²) >= 11 is 3.15. The van der Waals surface area contributed by atoms with Gasteiger partial charge in [-0.05, 0) is 57.2 Å². The molecule has 1 atom stereocenters. The van der Waals surface area contributed by atoms with Crippen LogP contribution in [0.3, 0.4) is 0 Å². The van der Waals surface area contributed by atoms with Crippen LogP contribution < -0.4 is 0 Å². The van der Waals surface area contributed by atoms with Crippen molar-refractivity contribution in [1.29, 1.82) is 0 Å². The topological polar surface area (TPSA) is 76.7 Å². The van der Waals surface area contributed by atoms with Crippen LogP contribution in [-0.4, -0.2) is 35.9 Å². The van der Waals surface area contributed by atoms with Gasteiger partial charge in [0.15, 0.2) is 5.60 Å². The monoisotopic (exact) mass is 359 g/mol. The van der Waals surface area contributed by atoms with Gasteiger partial charge in [-0.25, -0.2) is 4.68 Å². The number of nitrogens with zero attached hydrogens (tertiary/aromatic N) is 5. The van der Waals surface area contributed by atoms with Gasteiger partial charge in [0.25, 0.3) is 0 Å². The molecule has 1 unspecified atom stereocenters. The quantitative estimate of drug-likeness (QED) is 0.880. The number of aromatic nitrogens is 5. The van der Waals surface area contributed by atoms with E-state index >= 15 is 0 Å². The van der Waals surface area contributed by atoms with Crippen LogP contribution in [0.5, 0.6) is 0 Å². The van der Waals surface area contributed by atoms with Crippen molar-refractivity contribution in [3.8, 4) is 0 Å². The Labute approximate surface area is 127 Å². The van der Waals surface area contributed by atoms with Gasteiger partial charge < -0.3 is 5.11 Å². The number of rotatable bonds is 5. The summed E-state index contributed by atoms with van der Waals surface area (Å²) in [5.74, 6) is -4.00. The minimum absolute atomic E-state index is 0.380. The summed E-state index contributed by atoms with van der Waals surface area (Å²) in [6, 6.07) is 2.68. The molecule has 0 radical (unpaired) electrons. The Kier molecular flexibility index (Phi) is 3.48. The molecule has 112 valence electrons. The second kappa shape index (κ2) is 5.06. The van der Waals surface area contributed by atoms with Crippen molar-refractivity contribution in [2.24, 2.45) is 5.92 Å². The zero-order valence-corrected chi connectivity index (χ0v) is 12.4. The smallest absolute Gasteiger partial charge is 0.319 e. The lowest BCUT2D eigenvalue weighted by Crippen LogP contribution is -2.51. The Morgan fingerprint density at radius 3 is 2.67 bits per heavy atom. The molecule has 0 bridgehead atoms. The van der Waals surface area contributed by atoms with Crippen molar-refractivity contribution in [3.63, 3.8) is 0 Å². The van der Waals surface area contributed by atoms with E-state index in [1.165, 1.54) is 24.7 Å². The van der Waals surface area contributed by atoms with Gasteiger partial charge in [0.2, 0.25) is 0 Å². The lowest BCUT2D eigenvalue weighted by atomic mass is 9.87. The molecule has 1 fully saturated rings. The van der Waals surface area contributed by atoms with Crippen LogP contribution in [0.4, 0.5) is 8.78 Å². The van der Waals surface area contributed by atoms with E-state index in [1.54, 1.807) is 0 Å². The third-order valence-electron chi connectivity index (χ3n) is 3.64. The second-order valence-electron chi connectivity index (χ2n) is 5.14. The Morgan fingerprint density at radius 2 is 2.14 bits per heavy atom. The third-order valence-corrected chi connectivity index (χ3v) is 4.11. The average Bonchev–Trinajstić information content (AvgIpc) is 3.19. The molecule has 9 heteroatoms. The number of tetrazole rings is 1. The molecule has 0 aliphatic heterocycles. The molecule has 3 rings (SSSR count). The van der Waals surface area contributed by atoms with Crippen LogP contribution in [0.1, 0.15) is 18.5 Å². The van der Waals surface area contributed by atoms with E-state index < -0.39 is 23.1 Å². The molecule has 6 nitrogen and oxygen atoms in total. The molecule has 1 N–H and O–H groups in total. The molecule has 0 amide bonds. The largest absolute Gasteiger partial charge is 0.381 e. The van der Waals surface area contributed by atoms with Crippen LogP contribution in [0.2, 0.25) is 0 Å². The number of hydrogen-bond donors (Lipinski definition) is 1. The lowest BCUT2D eigenvalue weighted by Gasteiger charge is -2.35. The zero-order valence-electron chi connectivity index (χ0n) is 10.8. The molecule has 0 aromatic carbocycles. The molecule has 1 aliphatic carbocycles. The van der Waals surface area contributed by atoms with Crippen molar-refractivity contribution in [2.45, 2.75) is 30.9 Å². The van der Waals surface area contributed by atoms with Gasteiger partial charge in [0, 0.05) is 10.7 Å². The predicted octanol–water partition coefficient (Wildman–Crippen LogP) is 1.76. The van der Waals surface area contributed by atoms with Gasteiger partial charge in [-0.1, -0.05) is 0 Å². The van der Waals surface area contributed by atoms with E-state index in [1.807, 2.05) is 0 Å². The van der Waals surface area contributed by atoms with Gasteiger partial charge in [-0.3, -0.25) is 4.98 Å². The van der Waals surface area contributed by atoms with Crippen molar-refractivity contribution in [2.75, 3.05) is 0 Å². The van der Waals surface area contributed by atoms with Gasteiger partial charge >= 0.3 is 5.92 Å². The number of hydrogen-bond acceptors (Lipinski definition) is 5. The Morgan fingerprint density at radius 1 is 1.38 bits per heavy atom. The summed E-state index contributed by atoms with van der Waals surface area (Å²) in [6.45, 7) is -0.380. The molecule has 0 saturated heterocycles.